The van der Waals surface area contributed by atoms with Gasteiger partial charge < -0.3 is 10.1 Å². The molecule has 1 N–H and O–H groups in total. The second kappa shape index (κ2) is 8.59. The molecule has 29 heavy (non-hydrogen) atoms. The number of ether oxygens (including phenoxy) is 1. The Hall–Kier alpha value is -2.97. The average molecular weight is 407 g/mol. The summed E-state index contributed by atoms with van der Waals surface area (Å²) in [6.07, 6.45) is -1.03. The zero-order valence-electron chi connectivity index (χ0n) is 15.8. The van der Waals surface area contributed by atoms with Gasteiger partial charge in [0.2, 0.25) is 5.88 Å². The number of pyridine rings is 2. The van der Waals surface area contributed by atoms with Gasteiger partial charge in [-0.05, 0) is 37.5 Å². The highest BCUT2D eigenvalue weighted by atomic mass is 19.4. The number of ketones is 1. The Morgan fingerprint density at radius 1 is 1.24 bits per heavy atom. The van der Waals surface area contributed by atoms with Crippen molar-refractivity contribution in [3.8, 4) is 5.88 Å². The number of aryl methyl sites for hydroxylation is 1. The van der Waals surface area contributed by atoms with Crippen LogP contribution in [0.2, 0.25) is 0 Å². The summed E-state index contributed by atoms with van der Waals surface area (Å²) in [5.41, 5.74) is 2.21. The van der Waals surface area contributed by atoms with Gasteiger partial charge in [-0.3, -0.25) is 14.6 Å². The van der Waals surface area contributed by atoms with Gasteiger partial charge in [-0.1, -0.05) is 6.07 Å². The third-order valence-corrected chi connectivity index (χ3v) is 4.29. The topological polar surface area (TPSA) is 81.2 Å². The van der Waals surface area contributed by atoms with Gasteiger partial charge in [0.25, 0.3) is 5.91 Å². The summed E-state index contributed by atoms with van der Waals surface area (Å²) < 4.78 is 41.0. The van der Waals surface area contributed by atoms with Gasteiger partial charge in [0.15, 0.2) is 6.61 Å². The molecule has 2 aromatic heterocycles. The number of alkyl halides is 3. The number of aromatic nitrogens is 2. The summed E-state index contributed by atoms with van der Waals surface area (Å²) in [7, 11) is 0. The molecule has 6 nitrogen and oxygen atoms in total. The molecule has 2 aromatic rings. The molecular weight excluding hydrogens is 387 g/mol. The Kier molecular flexibility index (Phi) is 6.14. The highest BCUT2D eigenvalue weighted by molar-refractivity contribution is 5.94. The Bertz CT molecular complexity index is 894. The summed E-state index contributed by atoms with van der Waals surface area (Å²) >= 11 is 0. The number of nitrogens with zero attached hydrogens (tertiary/aromatic N) is 2. The number of hydrogen-bond acceptors (Lipinski definition) is 5. The van der Waals surface area contributed by atoms with Crippen LogP contribution in [0.4, 0.5) is 13.2 Å². The first-order valence-electron chi connectivity index (χ1n) is 9.12. The highest BCUT2D eigenvalue weighted by Gasteiger charge is 2.30. The predicted octanol–water partition coefficient (Wildman–Crippen LogP) is 3.18. The minimum absolute atomic E-state index is 0.130. The average Bonchev–Trinajstić information content (AvgIpc) is 3.49. The molecule has 1 aliphatic rings. The number of halogens is 3. The van der Waals surface area contributed by atoms with E-state index in [4.69, 9.17) is 0 Å². The van der Waals surface area contributed by atoms with Gasteiger partial charge in [-0.15, -0.1) is 0 Å². The Morgan fingerprint density at radius 2 is 2.00 bits per heavy atom. The predicted molar refractivity (Wildman–Crippen MR) is 97.4 cm³/mol. The summed E-state index contributed by atoms with van der Waals surface area (Å²) in [5, 5.41) is 2.72. The number of amides is 1. The van der Waals surface area contributed by atoms with Gasteiger partial charge in [-0.2, -0.15) is 13.2 Å². The van der Waals surface area contributed by atoms with Gasteiger partial charge in [0.05, 0.1) is 0 Å². The molecule has 1 saturated carbocycles. The lowest BCUT2D eigenvalue weighted by Gasteiger charge is -2.10. The fourth-order valence-electron chi connectivity index (χ4n) is 2.73. The van der Waals surface area contributed by atoms with Crippen molar-refractivity contribution in [2.45, 2.75) is 38.9 Å². The van der Waals surface area contributed by atoms with Crippen molar-refractivity contribution < 1.29 is 27.5 Å². The quantitative estimate of drug-likeness (QED) is 0.727. The van der Waals surface area contributed by atoms with Crippen LogP contribution >= 0.6 is 0 Å². The van der Waals surface area contributed by atoms with Crippen LogP contribution in [0.15, 0.2) is 30.5 Å². The van der Waals surface area contributed by atoms with Crippen LogP contribution in [-0.4, -0.2) is 34.4 Å². The Balaban J connectivity index is 1.56. The molecular formula is C20H20F3N3O3. The summed E-state index contributed by atoms with van der Waals surface area (Å²) in [5.74, 6) is -0.210. The van der Waals surface area contributed by atoms with E-state index in [1.54, 1.807) is 19.1 Å². The van der Waals surface area contributed by atoms with Gasteiger partial charge in [0, 0.05) is 48.1 Å². The maximum atomic E-state index is 12.4. The summed E-state index contributed by atoms with van der Waals surface area (Å²) in [6, 6.07) is 6.07. The van der Waals surface area contributed by atoms with Crippen molar-refractivity contribution in [3.05, 3.63) is 53.0 Å². The van der Waals surface area contributed by atoms with Crippen molar-refractivity contribution in [1.29, 1.82) is 0 Å². The highest BCUT2D eigenvalue weighted by Crippen LogP contribution is 2.30. The van der Waals surface area contributed by atoms with Crippen molar-refractivity contribution in [3.63, 3.8) is 0 Å². The second-order valence-electron chi connectivity index (χ2n) is 7.00. The van der Waals surface area contributed by atoms with Crippen LogP contribution in [0.3, 0.4) is 0 Å². The molecule has 0 atom stereocenters. The molecule has 0 unspecified atom stereocenters. The lowest BCUT2D eigenvalue weighted by molar-refractivity contribution is -0.154. The molecule has 1 fully saturated rings. The van der Waals surface area contributed by atoms with Crippen molar-refractivity contribution in [2.24, 2.45) is 5.92 Å². The minimum atomic E-state index is -4.43. The van der Waals surface area contributed by atoms with Gasteiger partial charge in [-0.25, -0.2) is 4.98 Å². The zero-order valence-corrected chi connectivity index (χ0v) is 15.8. The van der Waals surface area contributed by atoms with E-state index < -0.39 is 12.8 Å². The van der Waals surface area contributed by atoms with E-state index in [2.05, 4.69) is 20.0 Å². The third-order valence-electron chi connectivity index (χ3n) is 4.29. The lowest BCUT2D eigenvalue weighted by atomic mass is 10.1. The fourth-order valence-corrected chi connectivity index (χ4v) is 2.73. The molecule has 0 aliphatic heterocycles. The Labute approximate surface area is 165 Å². The summed E-state index contributed by atoms with van der Waals surface area (Å²) in [6.45, 7) is 0.484. The molecule has 9 heteroatoms. The molecule has 154 valence electrons. The molecule has 0 bridgehead atoms. The number of nitrogens with one attached hydrogen (secondary N) is 1. The van der Waals surface area contributed by atoms with Gasteiger partial charge >= 0.3 is 6.18 Å². The normalized spacial score (nSPS) is 13.8. The smallest absolute Gasteiger partial charge is 0.422 e. The molecule has 0 radical (unpaired) electrons. The summed E-state index contributed by atoms with van der Waals surface area (Å²) in [4.78, 5) is 32.5. The Morgan fingerprint density at radius 3 is 2.62 bits per heavy atom. The minimum Gasteiger partial charge on any atom is -0.468 e. The number of Topliss-reactive ketones (excluding diaryl/α,β-unsaturated/α-hetero) is 1. The third kappa shape index (κ3) is 6.55. The van der Waals surface area contributed by atoms with E-state index in [1.807, 2.05) is 0 Å². The maximum Gasteiger partial charge on any atom is 0.422 e. The number of carbonyl (C=O) groups is 2. The first-order valence-corrected chi connectivity index (χ1v) is 9.12. The van der Waals surface area contributed by atoms with Gasteiger partial charge in [0.1, 0.15) is 5.78 Å². The van der Waals surface area contributed by atoms with Crippen LogP contribution in [0.1, 0.15) is 40.2 Å². The largest absolute Gasteiger partial charge is 0.468 e. The molecule has 0 aromatic carbocycles. The molecule has 3 rings (SSSR count). The number of rotatable bonds is 8. The lowest BCUT2D eigenvalue weighted by Crippen LogP contribution is -2.23. The van der Waals surface area contributed by atoms with Crippen LogP contribution in [0, 0.1) is 12.8 Å². The van der Waals surface area contributed by atoms with Crippen LogP contribution in [0.5, 0.6) is 5.88 Å². The molecule has 1 amide bonds. The van der Waals surface area contributed by atoms with E-state index in [1.165, 1.54) is 18.3 Å². The van der Waals surface area contributed by atoms with Crippen LogP contribution < -0.4 is 10.1 Å². The van der Waals surface area contributed by atoms with Crippen molar-refractivity contribution >= 4 is 11.7 Å². The molecule has 0 saturated heterocycles. The number of hydrogen-bond donors (Lipinski definition) is 1. The molecule has 0 spiro atoms. The van der Waals surface area contributed by atoms with E-state index >= 15 is 0 Å². The maximum absolute atomic E-state index is 12.4. The van der Waals surface area contributed by atoms with E-state index in [0.29, 0.717) is 22.5 Å². The first kappa shape index (κ1) is 20.8. The van der Waals surface area contributed by atoms with Crippen LogP contribution in [0.25, 0.3) is 0 Å². The van der Waals surface area contributed by atoms with E-state index in [9.17, 15) is 22.8 Å². The number of carbonyl (C=O) groups excluding carboxylic acids is 2. The first-order chi connectivity index (χ1) is 13.7. The van der Waals surface area contributed by atoms with Crippen molar-refractivity contribution in [1.82, 2.24) is 15.3 Å². The second-order valence-corrected chi connectivity index (χ2v) is 7.00. The molecule has 1 aliphatic carbocycles. The van der Waals surface area contributed by atoms with Crippen LogP contribution in [-0.2, 0) is 17.8 Å². The molecule has 2 heterocycles. The standard InChI is InChI=1S/C20H20F3N3O3/c1-12-6-15(7-16(26-12)8-17(27)14-3-4-14)19(28)25-10-13-2-5-18(24-9-13)29-11-20(21,22)23/h2,5-7,9,14H,3-4,8,10-11H2,1H3,(H,25,28). The van der Waals surface area contributed by atoms with E-state index in [0.717, 1.165) is 12.8 Å². The van der Waals surface area contributed by atoms with Crippen molar-refractivity contribution in [2.75, 3.05) is 6.61 Å². The van der Waals surface area contributed by atoms with E-state index in [-0.39, 0.29) is 36.5 Å². The zero-order chi connectivity index (χ0) is 21.0. The fraction of sp³-hybridized carbons (Fsp3) is 0.400. The monoisotopic (exact) mass is 407 g/mol. The SMILES string of the molecule is Cc1cc(C(=O)NCc2ccc(OCC(F)(F)F)nc2)cc(CC(=O)C2CC2)n1.